The predicted octanol–water partition coefficient (Wildman–Crippen LogP) is 2.43. The van der Waals surface area contributed by atoms with Gasteiger partial charge in [0.25, 0.3) is 0 Å². The van der Waals surface area contributed by atoms with Crippen LogP contribution < -0.4 is 0 Å². The number of carbonyl (C=O) groups is 1. The lowest BCUT2D eigenvalue weighted by molar-refractivity contribution is -0.132. The molecular weight excluding hydrogens is 168 g/mol. The summed E-state index contributed by atoms with van der Waals surface area (Å²) in [7, 11) is 0. The Labute approximate surface area is 77.7 Å². The van der Waals surface area contributed by atoms with Crippen molar-refractivity contribution in [2.45, 2.75) is 20.8 Å². The van der Waals surface area contributed by atoms with E-state index >= 15 is 0 Å². The van der Waals surface area contributed by atoms with E-state index in [0.29, 0.717) is 0 Å². The molecule has 0 bridgehead atoms. The number of carboxylic acids is 1. The van der Waals surface area contributed by atoms with E-state index < -0.39 is 5.97 Å². The van der Waals surface area contributed by atoms with Gasteiger partial charge in [-0.15, -0.1) is 0 Å². The van der Waals surface area contributed by atoms with E-state index in [1.807, 2.05) is 0 Å². The van der Waals surface area contributed by atoms with Crippen molar-refractivity contribution < 1.29 is 15.0 Å². The van der Waals surface area contributed by atoms with Crippen LogP contribution in [0.4, 0.5) is 0 Å². The topological polar surface area (TPSA) is 57.5 Å². The molecule has 3 nitrogen and oxygen atoms in total. The molecule has 0 aliphatic heterocycles. The number of carboxylic acid groups (broad SMARTS) is 1. The van der Waals surface area contributed by atoms with Crippen molar-refractivity contribution in [1.82, 2.24) is 0 Å². The lowest BCUT2D eigenvalue weighted by Gasteiger charge is -1.93. The highest BCUT2D eigenvalue weighted by atomic mass is 16.4. The molecule has 0 fully saturated rings. The van der Waals surface area contributed by atoms with Crippen LogP contribution in [0.15, 0.2) is 35.1 Å². The highest BCUT2D eigenvalue weighted by Gasteiger charge is 1.97. The second-order valence-electron chi connectivity index (χ2n) is 2.85. The Balaban J connectivity index is 4.54. The van der Waals surface area contributed by atoms with Crippen molar-refractivity contribution in [3.63, 3.8) is 0 Å². The smallest absolute Gasteiger partial charge is 0.331 e. The van der Waals surface area contributed by atoms with Crippen LogP contribution in [0.1, 0.15) is 20.8 Å². The van der Waals surface area contributed by atoms with Gasteiger partial charge in [0.05, 0.1) is 5.76 Å². The van der Waals surface area contributed by atoms with Crippen LogP contribution in [0.25, 0.3) is 0 Å². The maximum Gasteiger partial charge on any atom is 0.331 e. The van der Waals surface area contributed by atoms with Crippen LogP contribution in [0.3, 0.4) is 0 Å². The normalized spacial score (nSPS) is 14.5. The minimum absolute atomic E-state index is 0.195. The van der Waals surface area contributed by atoms with E-state index in [1.165, 1.54) is 13.0 Å². The van der Waals surface area contributed by atoms with Gasteiger partial charge >= 0.3 is 5.97 Å². The summed E-state index contributed by atoms with van der Waals surface area (Å²) in [5, 5.41) is 17.4. The number of aliphatic hydroxyl groups excluding tert-OH is 1. The number of hydrogen-bond acceptors (Lipinski definition) is 2. The third kappa shape index (κ3) is 5.73. The monoisotopic (exact) mass is 182 g/mol. The number of allylic oxidation sites excluding steroid dienone is 5. The van der Waals surface area contributed by atoms with Gasteiger partial charge in [-0.05, 0) is 32.9 Å². The average Bonchev–Trinajstić information content (AvgIpc) is 2.00. The highest BCUT2D eigenvalue weighted by Crippen LogP contribution is 2.02. The Morgan fingerprint density at radius 1 is 1.08 bits per heavy atom. The molecule has 13 heavy (non-hydrogen) atoms. The molecule has 0 heterocycles. The largest absolute Gasteiger partial charge is 0.513 e. The molecule has 0 aliphatic carbocycles. The molecule has 0 radical (unpaired) electrons. The van der Waals surface area contributed by atoms with Crippen LogP contribution in [-0.4, -0.2) is 16.2 Å². The summed E-state index contributed by atoms with van der Waals surface area (Å²) in [5.74, 6) is -0.738. The predicted molar refractivity (Wildman–Crippen MR) is 51.5 cm³/mol. The first kappa shape index (κ1) is 11.5. The maximum atomic E-state index is 10.4. The SMILES string of the molecule is CC(=C/C=C(\C)O)/C=C(\C)C(=O)O. The second-order valence-corrected chi connectivity index (χ2v) is 2.85. The lowest BCUT2D eigenvalue weighted by Crippen LogP contribution is -1.95. The molecule has 0 amide bonds. The van der Waals surface area contributed by atoms with Crippen molar-refractivity contribution in [2.24, 2.45) is 0 Å². The molecule has 0 spiro atoms. The van der Waals surface area contributed by atoms with E-state index in [4.69, 9.17) is 10.2 Å². The van der Waals surface area contributed by atoms with Gasteiger partial charge in [-0.2, -0.15) is 0 Å². The molecule has 0 unspecified atom stereocenters. The van der Waals surface area contributed by atoms with E-state index in [-0.39, 0.29) is 11.3 Å². The Morgan fingerprint density at radius 3 is 2.00 bits per heavy atom. The van der Waals surface area contributed by atoms with Crippen molar-refractivity contribution in [1.29, 1.82) is 0 Å². The zero-order chi connectivity index (χ0) is 10.4. The summed E-state index contributed by atoms with van der Waals surface area (Å²) < 4.78 is 0. The van der Waals surface area contributed by atoms with E-state index in [0.717, 1.165) is 5.57 Å². The van der Waals surface area contributed by atoms with Gasteiger partial charge < -0.3 is 10.2 Å². The summed E-state index contributed by atoms with van der Waals surface area (Å²) in [6, 6.07) is 0. The molecule has 72 valence electrons. The molecule has 0 saturated heterocycles. The standard InChI is InChI=1S/C10H14O3/c1-7(4-5-9(3)11)6-8(2)10(12)13/h4-6,11H,1-3H3,(H,12,13)/b7-4-,8-6+,9-5+. The Morgan fingerprint density at radius 2 is 1.62 bits per heavy atom. The molecular formula is C10H14O3. The fourth-order valence-electron chi connectivity index (χ4n) is 0.703. The Hall–Kier alpha value is -1.51. The number of aliphatic hydroxyl groups is 1. The summed E-state index contributed by atoms with van der Waals surface area (Å²) in [4.78, 5) is 10.4. The first-order chi connectivity index (χ1) is 5.93. The van der Waals surface area contributed by atoms with Gasteiger partial charge in [0.1, 0.15) is 0 Å². The van der Waals surface area contributed by atoms with Gasteiger partial charge in [-0.1, -0.05) is 11.6 Å². The van der Waals surface area contributed by atoms with E-state index in [9.17, 15) is 4.79 Å². The van der Waals surface area contributed by atoms with Gasteiger partial charge in [0.15, 0.2) is 0 Å². The van der Waals surface area contributed by atoms with Crippen LogP contribution in [0.2, 0.25) is 0 Å². The van der Waals surface area contributed by atoms with Gasteiger partial charge in [-0.3, -0.25) is 0 Å². The molecule has 0 aromatic heterocycles. The van der Waals surface area contributed by atoms with E-state index in [2.05, 4.69) is 0 Å². The van der Waals surface area contributed by atoms with Crippen molar-refractivity contribution in [2.75, 3.05) is 0 Å². The average molecular weight is 182 g/mol. The van der Waals surface area contributed by atoms with Gasteiger partial charge in [0.2, 0.25) is 0 Å². The molecule has 0 saturated carbocycles. The molecule has 0 atom stereocenters. The second kappa shape index (κ2) is 5.19. The minimum Gasteiger partial charge on any atom is -0.513 e. The molecule has 0 aromatic rings. The third-order valence-corrected chi connectivity index (χ3v) is 1.37. The van der Waals surface area contributed by atoms with E-state index in [1.54, 1.807) is 26.0 Å². The van der Waals surface area contributed by atoms with Gasteiger partial charge in [-0.25, -0.2) is 4.79 Å². The van der Waals surface area contributed by atoms with Crippen LogP contribution in [0.5, 0.6) is 0 Å². The summed E-state index contributed by atoms with van der Waals surface area (Å²) in [6.45, 7) is 4.85. The quantitative estimate of drug-likeness (QED) is 0.400. The number of rotatable bonds is 3. The first-order valence-corrected chi connectivity index (χ1v) is 3.89. The molecule has 2 N–H and O–H groups in total. The summed E-state index contributed by atoms with van der Waals surface area (Å²) in [5.41, 5.74) is 1.06. The summed E-state index contributed by atoms with van der Waals surface area (Å²) in [6.07, 6.45) is 4.71. The van der Waals surface area contributed by atoms with Crippen molar-refractivity contribution in [3.05, 3.63) is 35.1 Å². The molecule has 0 aromatic carbocycles. The Kier molecular flexibility index (Phi) is 4.59. The minimum atomic E-state index is -0.933. The number of aliphatic carboxylic acids is 1. The molecule has 0 aliphatic rings. The fourth-order valence-corrected chi connectivity index (χ4v) is 0.703. The first-order valence-electron chi connectivity index (χ1n) is 3.89. The maximum absolute atomic E-state index is 10.4. The van der Waals surface area contributed by atoms with Crippen molar-refractivity contribution in [3.8, 4) is 0 Å². The lowest BCUT2D eigenvalue weighted by atomic mass is 10.2. The van der Waals surface area contributed by atoms with Crippen molar-refractivity contribution >= 4 is 5.97 Å². The molecule has 3 heteroatoms. The number of hydrogen-bond donors (Lipinski definition) is 2. The Bertz CT molecular complexity index is 279. The molecule has 0 rings (SSSR count). The van der Waals surface area contributed by atoms with Gasteiger partial charge in [0, 0.05) is 5.57 Å². The van der Waals surface area contributed by atoms with Crippen LogP contribution in [0, 0.1) is 0 Å². The zero-order valence-corrected chi connectivity index (χ0v) is 8.03. The third-order valence-electron chi connectivity index (χ3n) is 1.37. The highest BCUT2D eigenvalue weighted by molar-refractivity contribution is 5.86. The fraction of sp³-hybridized carbons (Fsp3) is 0.300. The van der Waals surface area contributed by atoms with Crippen LogP contribution in [-0.2, 0) is 4.79 Å². The zero-order valence-electron chi connectivity index (χ0n) is 8.03. The summed E-state index contributed by atoms with van der Waals surface area (Å²) >= 11 is 0. The van der Waals surface area contributed by atoms with Crippen LogP contribution >= 0.6 is 0 Å².